The normalized spacial score (nSPS) is 11.7. The van der Waals surface area contributed by atoms with Gasteiger partial charge in [0.1, 0.15) is 5.82 Å². The van der Waals surface area contributed by atoms with E-state index in [0.717, 1.165) is 19.3 Å². The van der Waals surface area contributed by atoms with Crippen LogP contribution in [0.4, 0.5) is 5.82 Å². The Morgan fingerprint density at radius 2 is 2.20 bits per heavy atom. The highest BCUT2D eigenvalue weighted by atomic mass is 16.5. The highest BCUT2D eigenvalue weighted by molar-refractivity contribution is 5.31. The van der Waals surface area contributed by atoms with E-state index in [9.17, 15) is 0 Å². The summed E-state index contributed by atoms with van der Waals surface area (Å²) in [5.41, 5.74) is 6.82. The van der Waals surface area contributed by atoms with Crippen molar-refractivity contribution in [2.75, 3.05) is 12.8 Å². The molecule has 0 aliphatic carbocycles. The van der Waals surface area contributed by atoms with Crippen molar-refractivity contribution in [3.63, 3.8) is 0 Å². The van der Waals surface area contributed by atoms with Crippen molar-refractivity contribution in [2.45, 2.75) is 38.7 Å². The van der Waals surface area contributed by atoms with Crippen LogP contribution in [0.1, 0.15) is 32.3 Å². The molecule has 1 aromatic rings. The minimum Gasteiger partial charge on any atom is -0.384 e. The van der Waals surface area contributed by atoms with Crippen molar-refractivity contribution in [1.29, 1.82) is 0 Å². The van der Waals surface area contributed by atoms with E-state index in [0.29, 0.717) is 5.82 Å². The van der Waals surface area contributed by atoms with Crippen LogP contribution < -0.4 is 5.73 Å². The summed E-state index contributed by atoms with van der Waals surface area (Å²) in [6.45, 7) is 4.21. The number of pyridine rings is 1. The van der Waals surface area contributed by atoms with Crippen LogP contribution in [0.25, 0.3) is 0 Å². The molecule has 0 saturated heterocycles. The monoisotopic (exact) mass is 208 g/mol. The van der Waals surface area contributed by atoms with Crippen LogP contribution in [0.5, 0.6) is 0 Å². The molecule has 0 saturated carbocycles. The molecular formula is C12H20N2O. The summed E-state index contributed by atoms with van der Waals surface area (Å²) in [7, 11) is 1.75. The molecule has 0 bridgehead atoms. The highest BCUT2D eigenvalue weighted by Crippen LogP contribution is 2.17. The first-order valence-corrected chi connectivity index (χ1v) is 5.29. The Morgan fingerprint density at radius 3 is 2.80 bits per heavy atom. The van der Waals surface area contributed by atoms with E-state index < -0.39 is 0 Å². The van der Waals surface area contributed by atoms with Crippen LogP contribution in [0.15, 0.2) is 18.3 Å². The number of aromatic nitrogens is 1. The van der Waals surface area contributed by atoms with Crippen LogP contribution in [-0.2, 0) is 11.2 Å². The minimum absolute atomic E-state index is 0.0292. The van der Waals surface area contributed by atoms with Gasteiger partial charge in [-0.2, -0.15) is 0 Å². The number of hydrogen-bond acceptors (Lipinski definition) is 3. The zero-order valence-corrected chi connectivity index (χ0v) is 9.79. The third kappa shape index (κ3) is 4.30. The molecule has 3 nitrogen and oxygen atoms in total. The molecule has 84 valence electrons. The number of nitrogens with zero attached hydrogens (tertiary/aromatic N) is 1. The molecule has 0 aromatic carbocycles. The second kappa shape index (κ2) is 5.12. The van der Waals surface area contributed by atoms with Gasteiger partial charge in [-0.3, -0.25) is 0 Å². The number of rotatable bonds is 5. The smallest absolute Gasteiger partial charge is 0.123 e. The fraction of sp³-hybridized carbons (Fsp3) is 0.583. The summed E-state index contributed by atoms with van der Waals surface area (Å²) in [6, 6.07) is 3.94. The molecular weight excluding hydrogens is 188 g/mol. The lowest BCUT2D eigenvalue weighted by Gasteiger charge is -2.22. The fourth-order valence-corrected chi connectivity index (χ4v) is 1.47. The van der Waals surface area contributed by atoms with Crippen LogP contribution in [0.2, 0.25) is 0 Å². The molecule has 0 unspecified atom stereocenters. The van der Waals surface area contributed by atoms with Gasteiger partial charge in [0.15, 0.2) is 0 Å². The number of anilines is 1. The highest BCUT2D eigenvalue weighted by Gasteiger charge is 2.15. The Morgan fingerprint density at radius 1 is 1.47 bits per heavy atom. The molecule has 2 N–H and O–H groups in total. The molecule has 15 heavy (non-hydrogen) atoms. The molecule has 0 spiro atoms. The zero-order chi connectivity index (χ0) is 11.3. The molecule has 0 atom stereocenters. The summed E-state index contributed by atoms with van der Waals surface area (Å²) in [6.07, 6.45) is 4.93. The van der Waals surface area contributed by atoms with Crippen LogP contribution in [-0.4, -0.2) is 17.7 Å². The fourth-order valence-electron chi connectivity index (χ4n) is 1.47. The van der Waals surface area contributed by atoms with Crippen molar-refractivity contribution < 1.29 is 4.74 Å². The predicted octanol–water partition coefficient (Wildman–Crippen LogP) is 2.41. The van der Waals surface area contributed by atoms with E-state index in [4.69, 9.17) is 10.5 Å². The van der Waals surface area contributed by atoms with Gasteiger partial charge in [-0.05, 0) is 50.8 Å². The predicted molar refractivity (Wildman–Crippen MR) is 62.7 cm³/mol. The molecule has 0 aliphatic heterocycles. The summed E-state index contributed by atoms with van der Waals surface area (Å²) >= 11 is 0. The van der Waals surface area contributed by atoms with Crippen LogP contribution in [0.3, 0.4) is 0 Å². The van der Waals surface area contributed by atoms with Crippen LogP contribution in [0, 0.1) is 0 Å². The van der Waals surface area contributed by atoms with E-state index in [2.05, 4.69) is 18.8 Å². The molecule has 0 radical (unpaired) electrons. The number of aryl methyl sites for hydroxylation is 1. The first-order valence-electron chi connectivity index (χ1n) is 5.29. The number of nitrogens with two attached hydrogens (primary N) is 1. The zero-order valence-electron chi connectivity index (χ0n) is 9.79. The molecule has 0 amide bonds. The van der Waals surface area contributed by atoms with Crippen molar-refractivity contribution >= 4 is 5.82 Å². The minimum atomic E-state index is -0.0292. The molecule has 1 rings (SSSR count). The summed E-state index contributed by atoms with van der Waals surface area (Å²) in [5, 5.41) is 0. The Bertz CT molecular complexity index is 310. The van der Waals surface area contributed by atoms with Gasteiger partial charge in [-0.1, -0.05) is 0 Å². The third-order valence-electron chi connectivity index (χ3n) is 2.64. The number of methoxy groups -OCH3 is 1. The average molecular weight is 208 g/mol. The van der Waals surface area contributed by atoms with Gasteiger partial charge in [0.2, 0.25) is 0 Å². The SMILES string of the molecule is COC(C)(C)CCCc1ccnc(N)c1. The molecule has 0 aliphatic rings. The molecule has 1 heterocycles. The Kier molecular flexibility index (Phi) is 4.09. The average Bonchev–Trinajstić information content (AvgIpc) is 2.18. The van der Waals surface area contributed by atoms with Crippen molar-refractivity contribution in [3.8, 4) is 0 Å². The van der Waals surface area contributed by atoms with Gasteiger partial charge in [0, 0.05) is 13.3 Å². The van der Waals surface area contributed by atoms with Crippen molar-refractivity contribution in [3.05, 3.63) is 23.9 Å². The lowest BCUT2D eigenvalue weighted by atomic mass is 9.99. The maximum Gasteiger partial charge on any atom is 0.123 e. The van der Waals surface area contributed by atoms with E-state index in [1.54, 1.807) is 13.3 Å². The molecule has 1 aromatic heterocycles. The lowest BCUT2D eigenvalue weighted by Crippen LogP contribution is -2.22. The third-order valence-corrected chi connectivity index (χ3v) is 2.64. The maximum atomic E-state index is 5.61. The summed E-state index contributed by atoms with van der Waals surface area (Å²) in [4.78, 5) is 3.97. The van der Waals surface area contributed by atoms with E-state index in [1.807, 2.05) is 12.1 Å². The topological polar surface area (TPSA) is 48.1 Å². The van der Waals surface area contributed by atoms with Gasteiger partial charge in [-0.15, -0.1) is 0 Å². The van der Waals surface area contributed by atoms with E-state index in [-0.39, 0.29) is 5.60 Å². The second-order valence-electron chi connectivity index (χ2n) is 4.41. The van der Waals surface area contributed by atoms with Crippen molar-refractivity contribution in [1.82, 2.24) is 4.98 Å². The maximum absolute atomic E-state index is 5.61. The quantitative estimate of drug-likeness (QED) is 0.808. The van der Waals surface area contributed by atoms with Crippen LogP contribution >= 0.6 is 0 Å². The largest absolute Gasteiger partial charge is 0.384 e. The second-order valence-corrected chi connectivity index (χ2v) is 4.41. The standard InChI is InChI=1S/C12H20N2O/c1-12(2,15-3)7-4-5-10-6-8-14-11(13)9-10/h6,8-9H,4-5,7H2,1-3H3,(H2,13,14). The first kappa shape index (κ1) is 12.0. The molecule has 3 heteroatoms. The lowest BCUT2D eigenvalue weighted by molar-refractivity contribution is 0.0140. The van der Waals surface area contributed by atoms with Gasteiger partial charge in [0.25, 0.3) is 0 Å². The first-order chi connectivity index (χ1) is 7.03. The Hall–Kier alpha value is -1.09. The summed E-state index contributed by atoms with van der Waals surface area (Å²) in [5.74, 6) is 0.596. The van der Waals surface area contributed by atoms with Crippen molar-refractivity contribution in [2.24, 2.45) is 0 Å². The Balaban J connectivity index is 2.38. The molecule has 0 fully saturated rings. The summed E-state index contributed by atoms with van der Waals surface area (Å²) < 4.78 is 5.36. The number of nitrogen functional groups attached to an aromatic ring is 1. The van der Waals surface area contributed by atoms with E-state index in [1.165, 1.54) is 5.56 Å². The van der Waals surface area contributed by atoms with Gasteiger partial charge < -0.3 is 10.5 Å². The number of ether oxygens (including phenoxy) is 1. The Labute approximate surface area is 91.7 Å². The van der Waals surface area contributed by atoms with Gasteiger partial charge >= 0.3 is 0 Å². The van der Waals surface area contributed by atoms with E-state index >= 15 is 0 Å². The number of hydrogen-bond donors (Lipinski definition) is 1. The van der Waals surface area contributed by atoms with Gasteiger partial charge in [0.05, 0.1) is 5.60 Å². The van der Waals surface area contributed by atoms with Gasteiger partial charge in [-0.25, -0.2) is 4.98 Å².